The maximum absolute atomic E-state index is 12.9. The molecular weight excluding hydrogens is 612 g/mol. The first-order chi connectivity index (χ1) is 21.6. The molecule has 13 heteroatoms. The molecule has 45 heavy (non-hydrogen) atoms. The van der Waals surface area contributed by atoms with Gasteiger partial charge in [-0.05, 0) is 54.8 Å². The number of para-hydroxylation sites is 1. The zero-order valence-electron chi connectivity index (χ0n) is 25.0. The number of amides is 3. The quantitative estimate of drug-likeness (QED) is 0.186. The number of carbonyl (C=O) groups excluding carboxylic acids is 2. The minimum absolute atomic E-state index is 0.128. The predicted molar refractivity (Wildman–Crippen MR) is 176 cm³/mol. The van der Waals surface area contributed by atoms with Crippen LogP contribution in [-0.2, 0) is 10.2 Å². The third-order valence-corrected chi connectivity index (χ3v) is 8.47. The molecule has 1 saturated heterocycles. The van der Waals surface area contributed by atoms with Gasteiger partial charge in [0, 0.05) is 30.6 Å². The number of halogens is 1. The van der Waals surface area contributed by atoms with Crippen LogP contribution in [0.2, 0.25) is 5.02 Å². The third kappa shape index (κ3) is 6.97. The van der Waals surface area contributed by atoms with Crippen molar-refractivity contribution in [1.29, 1.82) is 0 Å². The van der Waals surface area contributed by atoms with Crippen LogP contribution in [0.5, 0.6) is 11.8 Å². The second-order valence-electron chi connectivity index (χ2n) is 11.5. The second kappa shape index (κ2) is 12.7. The molecule has 0 atom stereocenters. The van der Waals surface area contributed by atoms with Gasteiger partial charge < -0.3 is 10.1 Å². The minimum atomic E-state index is -0.493. The lowest BCUT2D eigenvalue weighted by Crippen LogP contribution is -2.34. The summed E-state index contributed by atoms with van der Waals surface area (Å²) < 4.78 is 7.43. The Kier molecular flexibility index (Phi) is 8.50. The van der Waals surface area contributed by atoms with Crippen molar-refractivity contribution in [2.75, 3.05) is 22.1 Å². The first kappa shape index (κ1) is 30.2. The number of benzene rings is 2. The molecule has 1 aliphatic rings. The zero-order valence-corrected chi connectivity index (χ0v) is 26.5. The maximum atomic E-state index is 12.9. The Morgan fingerprint density at radius 1 is 0.978 bits per heavy atom. The van der Waals surface area contributed by atoms with Crippen molar-refractivity contribution in [3.63, 3.8) is 0 Å². The molecule has 0 radical (unpaired) electrons. The van der Waals surface area contributed by atoms with E-state index in [0.29, 0.717) is 40.9 Å². The molecule has 5 aromatic rings. The molecule has 11 nitrogen and oxygen atoms in total. The topological polar surface area (TPSA) is 127 Å². The van der Waals surface area contributed by atoms with Crippen molar-refractivity contribution in [2.45, 2.75) is 45.4 Å². The number of thiazole rings is 1. The summed E-state index contributed by atoms with van der Waals surface area (Å²) in [5.74, 6) is 1.14. The largest absolute Gasteiger partial charge is 0.424 e. The Labute approximate surface area is 269 Å². The van der Waals surface area contributed by atoms with Crippen LogP contribution in [0.4, 0.5) is 21.4 Å². The molecule has 230 valence electrons. The number of ether oxygens (including phenoxy) is 1. The van der Waals surface area contributed by atoms with Crippen LogP contribution in [0.1, 0.15) is 45.7 Å². The summed E-state index contributed by atoms with van der Waals surface area (Å²) in [4.78, 5) is 40.8. The Morgan fingerprint density at radius 3 is 2.44 bits per heavy atom. The highest BCUT2D eigenvalue weighted by molar-refractivity contribution is 7.19. The molecule has 3 amide bonds. The first-order valence-corrected chi connectivity index (χ1v) is 15.6. The fourth-order valence-corrected chi connectivity index (χ4v) is 5.86. The maximum Gasteiger partial charge on any atom is 0.324 e. The van der Waals surface area contributed by atoms with E-state index < -0.39 is 6.03 Å². The molecule has 2 N–H and O–H groups in total. The van der Waals surface area contributed by atoms with E-state index >= 15 is 0 Å². The van der Waals surface area contributed by atoms with Gasteiger partial charge in [0.1, 0.15) is 11.6 Å². The number of aromatic nitrogens is 5. The molecule has 0 aliphatic carbocycles. The van der Waals surface area contributed by atoms with Gasteiger partial charge in [0.15, 0.2) is 5.13 Å². The van der Waals surface area contributed by atoms with Crippen molar-refractivity contribution in [3.8, 4) is 27.9 Å². The normalized spacial score (nSPS) is 13.5. The number of piperidine rings is 1. The van der Waals surface area contributed by atoms with Crippen molar-refractivity contribution < 1.29 is 14.3 Å². The van der Waals surface area contributed by atoms with Gasteiger partial charge in [-0.25, -0.2) is 24.4 Å². The molecule has 0 bridgehead atoms. The molecule has 6 rings (SSSR count). The van der Waals surface area contributed by atoms with Gasteiger partial charge in [-0.15, -0.1) is 0 Å². The molecule has 2 aromatic carbocycles. The molecule has 3 aromatic heterocycles. The van der Waals surface area contributed by atoms with Crippen LogP contribution < -0.4 is 20.3 Å². The SMILES string of the molecule is CC(C)(C)c1cc(NC(=O)Nc2cnc(Oc3ccc(-c4cnc(N5CCCCC5=O)s4)cc3)nc2)n(-c2ccccc2Cl)n1. The second-order valence-corrected chi connectivity index (χ2v) is 12.9. The fourth-order valence-electron chi connectivity index (χ4n) is 4.68. The van der Waals surface area contributed by atoms with Crippen LogP contribution in [0, 0.1) is 0 Å². The number of carbonyl (C=O) groups is 2. The van der Waals surface area contributed by atoms with Gasteiger partial charge in [-0.3, -0.25) is 15.0 Å². The van der Waals surface area contributed by atoms with Gasteiger partial charge in [0.2, 0.25) is 5.91 Å². The van der Waals surface area contributed by atoms with Gasteiger partial charge in [0.25, 0.3) is 0 Å². The minimum Gasteiger partial charge on any atom is -0.424 e. The first-order valence-electron chi connectivity index (χ1n) is 14.4. The summed E-state index contributed by atoms with van der Waals surface area (Å²) >= 11 is 7.92. The number of nitrogens with one attached hydrogen (secondary N) is 2. The van der Waals surface area contributed by atoms with E-state index in [0.717, 1.165) is 34.1 Å². The zero-order chi connectivity index (χ0) is 31.6. The highest BCUT2D eigenvalue weighted by Gasteiger charge is 2.24. The predicted octanol–water partition coefficient (Wildman–Crippen LogP) is 7.69. The van der Waals surface area contributed by atoms with E-state index in [9.17, 15) is 9.59 Å². The molecular formula is C32H31ClN8O3S. The molecule has 0 saturated carbocycles. The molecule has 0 unspecified atom stereocenters. The van der Waals surface area contributed by atoms with E-state index in [1.54, 1.807) is 21.8 Å². The number of rotatable bonds is 7. The Bertz CT molecular complexity index is 1830. The van der Waals surface area contributed by atoms with E-state index in [2.05, 4.69) is 25.6 Å². The van der Waals surface area contributed by atoms with E-state index in [4.69, 9.17) is 21.4 Å². The van der Waals surface area contributed by atoms with Crippen LogP contribution >= 0.6 is 22.9 Å². The van der Waals surface area contributed by atoms with Crippen molar-refractivity contribution in [1.82, 2.24) is 24.7 Å². The molecule has 0 spiro atoms. The lowest BCUT2D eigenvalue weighted by Gasteiger charge is -2.23. The van der Waals surface area contributed by atoms with Crippen molar-refractivity contribution in [2.24, 2.45) is 0 Å². The van der Waals surface area contributed by atoms with Gasteiger partial charge in [-0.2, -0.15) is 5.10 Å². The molecule has 1 fully saturated rings. The number of anilines is 3. The monoisotopic (exact) mass is 642 g/mol. The Morgan fingerprint density at radius 2 is 1.73 bits per heavy atom. The van der Waals surface area contributed by atoms with E-state index in [-0.39, 0.29) is 17.3 Å². The molecule has 4 heterocycles. The summed E-state index contributed by atoms with van der Waals surface area (Å²) in [5, 5.41) is 11.5. The number of hydrogen-bond acceptors (Lipinski definition) is 8. The van der Waals surface area contributed by atoms with Crippen molar-refractivity contribution >= 4 is 51.5 Å². The smallest absolute Gasteiger partial charge is 0.324 e. The van der Waals surface area contributed by atoms with Crippen LogP contribution in [0.3, 0.4) is 0 Å². The van der Waals surface area contributed by atoms with Gasteiger partial charge >= 0.3 is 12.0 Å². The van der Waals surface area contributed by atoms with Crippen LogP contribution in [0.25, 0.3) is 16.1 Å². The Hall–Kier alpha value is -4.81. The fraction of sp³-hybridized carbons (Fsp3) is 0.250. The number of urea groups is 1. The van der Waals surface area contributed by atoms with E-state index in [1.165, 1.54) is 23.7 Å². The summed E-state index contributed by atoms with van der Waals surface area (Å²) in [6.07, 6.45) is 7.21. The third-order valence-electron chi connectivity index (χ3n) is 7.08. The average molecular weight is 643 g/mol. The number of hydrogen-bond donors (Lipinski definition) is 2. The number of nitrogens with zero attached hydrogens (tertiary/aromatic N) is 6. The summed E-state index contributed by atoms with van der Waals surface area (Å²) in [7, 11) is 0. The summed E-state index contributed by atoms with van der Waals surface area (Å²) in [6.45, 7) is 6.85. The highest BCUT2D eigenvalue weighted by Crippen LogP contribution is 2.34. The lowest BCUT2D eigenvalue weighted by molar-refractivity contribution is -0.119. The lowest BCUT2D eigenvalue weighted by atomic mass is 9.92. The van der Waals surface area contributed by atoms with E-state index in [1.807, 2.05) is 69.3 Å². The van der Waals surface area contributed by atoms with Gasteiger partial charge in [-0.1, -0.05) is 55.8 Å². The highest BCUT2D eigenvalue weighted by atomic mass is 35.5. The summed E-state index contributed by atoms with van der Waals surface area (Å²) in [6, 6.07) is 16.2. The van der Waals surface area contributed by atoms with Crippen molar-refractivity contribution in [3.05, 3.63) is 83.9 Å². The average Bonchev–Trinajstić information content (AvgIpc) is 3.67. The standard InChI is InChI=1S/C32H31ClN8O3S/c1-32(2,3)26-16-27(41(39-26)24-9-5-4-8-23(24)33)38-29(43)37-21-17-34-30(35-18-21)44-22-13-11-20(12-14-22)25-19-36-31(45-25)40-15-7-6-10-28(40)42/h4-5,8-9,11-14,16-19H,6-7,10,15H2,1-3H3,(H2,37,38,43). The summed E-state index contributed by atoms with van der Waals surface area (Å²) in [5.41, 5.74) is 2.54. The van der Waals surface area contributed by atoms with Crippen LogP contribution in [0.15, 0.2) is 73.2 Å². The molecule has 1 aliphatic heterocycles. The van der Waals surface area contributed by atoms with Crippen LogP contribution in [-0.4, -0.2) is 43.2 Å². The van der Waals surface area contributed by atoms with Gasteiger partial charge in [0.05, 0.1) is 39.4 Å². The Balaban J connectivity index is 1.08.